The van der Waals surface area contributed by atoms with Crippen LogP contribution in [0.1, 0.15) is 12.0 Å². The van der Waals surface area contributed by atoms with Crippen molar-refractivity contribution >= 4 is 38.9 Å². The Morgan fingerprint density at radius 2 is 2.12 bits per heavy atom. The van der Waals surface area contributed by atoms with E-state index < -0.39 is 10.0 Å². The molecule has 0 saturated heterocycles. The van der Waals surface area contributed by atoms with Crippen LogP contribution in [0.15, 0.2) is 47.8 Å². The zero-order valence-electron chi connectivity index (χ0n) is 17.4. The molecule has 0 bridgehead atoms. The fourth-order valence-electron chi connectivity index (χ4n) is 3.80. The summed E-state index contributed by atoms with van der Waals surface area (Å²) in [5, 5.41) is 10.2. The first kappa shape index (κ1) is 21.8. The van der Waals surface area contributed by atoms with Crippen LogP contribution < -0.4 is 15.0 Å². The predicted octanol–water partition coefficient (Wildman–Crippen LogP) is 1.57. The zero-order valence-corrected chi connectivity index (χ0v) is 18.2. The lowest BCUT2D eigenvalue weighted by Crippen LogP contribution is -2.30. The topological polar surface area (TPSA) is 127 Å². The molecule has 0 atom stereocenters. The molecule has 2 aliphatic rings. The first-order chi connectivity index (χ1) is 15.5. The number of nitrogens with zero attached hydrogens (tertiary/aromatic N) is 4. The summed E-state index contributed by atoms with van der Waals surface area (Å²) < 4.78 is 34.0. The normalized spacial score (nSPS) is 15.8. The van der Waals surface area contributed by atoms with Crippen molar-refractivity contribution in [2.24, 2.45) is 0 Å². The first-order valence-corrected chi connectivity index (χ1v) is 11.4. The number of pyridine rings is 2. The van der Waals surface area contributed by atoms with Gasteiger partial charge in [0.25, 0.3) is 16.5 Å². The molecule has 0 aromatic carbocycles. The largest absolute Gasteiger partial charge is 0.488 e. The van der Waals surface area contributed by atoms with Crippen LogP contribution in [0.25, 0.3) is 16.6 Å². The van der Waals surface area contributed by atoms with Gasteiger partial charge in [-0.3, -0.25) is 9.78 Å². The fourth-order valence-corrected chi connectivity index (χ4v) is 5.12. The van der Waals surface area contributed by atoms with Crippen LogP contribution in [0.4, 0.5) is 5.82 Å². The molecule has 168 valence electrons. The highest BCUT2D eigenvalue weighted by atomic mass is 32.2. The van der Waals surface area contributed by atoms with Gasteiger partial charge < -0.3 is 20.1 Å². The second kappa shape index (κ2) is 8.97. The molecule has 3 aromatic heterocycles. The number of hydrogen-bond acceptors (Lipinski definition) is 8. The molecular formula is C21H23N5O5S. The van der Waals surface area contributed by atoms with Gasteiger partial charge in [0.2, 0.25) is 0 Å². The number of ether oxygens (including phenoxy) is 1. The molecule has 10 nitrogen and oxygen atoms in total. The SMILES string of the molecule is CN1CCOc2cc(S(=O)(=O)n3cc(C4=CCNCC4)c4ncccc43)cnc21.O=CO. The maximum atomic E-state index is 13.5. The number of carbonyl (C=O) groups is 1. The lowest BCUT2D eigenvalue weighted by Gasteiger charge is -2.26. The third-order valence-corrected chi connectivity index (χ3v) is 6.98. The van der Waals surface area contributed by atoms with Crippen molar-refractivity contribution in [3.8, 4) is 5.75 Å². The Kier molecular flexibility index (Phi) is 6.10. The van der Waals surface area contributed by atoms with Gasteiger partial charge in [0.05, 0.1) is 23.8 Å². The average Bonchev–Trinajstić information content (AvgIpc) is 3.21. The Hall–Kier alpha value is -3.44. The third-order valence-electron chi connectivity index (χ3n) is 5.35. The maximum absolute atomic E-state index is 13.5. The van der Waals surface area contributed by atoms with Gasteiger partial charge in [0, 0.05) is 37.6 Å². The minimum absolute atomic E-state index is 0.0955. The molecule has 0 unspecified atom stereocenters. The molecule has 5 rings (SSSR count). The Morgan fingerprint density at radius 3 is 2.88 bits per heavy atom. The van der Waals surface area contributed by atoms with Crippen LogP contribution in [0.2, 0.25) is 0 Å². The molecule has 0 amide bonds. The second-order valence-corrected chi connectivity index (χ2v) is 9.08. The van der Waals surface area contributed by atoms with E-state index >= 15 is 0 Å². The fraction of sp³-hybridized carbons (Fsp3) is 0.286. The maximum Gasteiger partial charge on any atom is 0.290 e. The molecule has 5 heterocycles. The highest BCUT2D eigenvalue weighted by Crippen LogP contribution is 2.34. The van der Waals surface area contributed by atoms with Gasteiger partial charge in [-0.25, -0.2) is 17.4 Å². The number of aromatic nitrogens is 3. The summed E-state index contributed by atoms with van der Waals surface area (Å²) in [6.07, 6.45) is 7.68. The smallest absolute Gasteiger partial charge is 0.290 e. The summed E-state index contributed by atoms with van der Waals surface area (Å²) in [4.78, 5) is 19.2. The van der Waals surface area contributed by atoms with Crippen molar-refractivity contribution in [1.29, 1.82) is 0 Å². The van der Waals surface area contributed by atoms with Gasteiger partial charge in [-0.05, 0) is 30.7 Å². The quantitative estimate of drug-likeness (QED) is 0.564. The average molecular weight is 458 g/mol. The number of anilines is 1. The number of rotatable bonds is 3. The predicted molar refractivity (Wildman–Crippen MR) is 119 cm³/mol. The lowest BCUT2D eigenvalue weighted by atomic mass is 10.0. The molecule has 0 aliphatic carbocycles. The second-order valence-electron chi connectivity index (χ2n) is 7.27. The zero-order chi connectivity index (χ0) is 22.7. The standard InChI is InChI=1S/C20H21N5O3S.CH2O2/c1-24-9-10-28-18-11-15(12-23-20(18)24)29(26,27)25-13-16(14-4-7-21-8-5-14)19-17(25)3-2-6-22-19;2-1-3/h2-4,6,11-13,21H,5,7-10H2,1H3;1H,(H,2,3). The Morgan fingerprint density at radius 1 is 1.31 bits per heavy atom. The van der Waals surface area contributed by atoms with Crippen LogP contribution >= 0.6 is 0 Å². The summed E-state index contributed by atoms with van der Waals surface area (Å²) in [5.74, 6) is 1.13. The summed E-state index contributed by atoms with van der Waals surface area (Å²) in [6, 6.07) is 5.08. The summed E-state index contributed by atoms with van der Waals surface area (Å²) in [5.41, 5.74) is 3.20. The van der Waals surface area contributed by atoms with E-state index in [0.717, 1.165) is 30.6 Å². The van der Waals surface area contributed by atoms with E-state index in [4.69, 9.17) is 14.6 Å². The third kappa shape index (κ3) is 3.92. The van der Waals surface area contributed by atoms with Gasteiger partial charge >= 0.3 is 0 Å². The van der Waals surface area contributed by atoms with E-state index in [-0.39, 0.29) is 11.4 Å². The molecule has 0 radical (unpaired) electrons. The molecule has 0 fully saturated rings. The highest BCUT2D eigenvalue weighted by molar-refractivity contribution is 7.90. The van der Waals surface area contributed by atoms with Crippen molar-refractivity contribution in [2.75, 3.05) is 38.2 Å². The number of carboxylic acid groups (broad SMARTS) is 1. The molecule has 3 aromatic rings. The Labute approximate surface area is 185 Å². The molecule has 0 saturated carbocycles. The van der Waals surface area contributed by atoms with Crippen LogP contribution in [0, 0.1) is 0 Å². The van der Waals surface area contributed by atoms with Gasteiger partial charge in [-0.15, -0.1) is 0 Å². The van der Waals surface area contributed by atoms with Gasteiger partial charge in [-0.1, -0.05) is 6.08 Å². The van der Waals surface area contributed by atoms with Crippen molar-refractivity contribution in [3.63, 3.8) is 0 Å². The van der Waals surface area contributed by atoms with Crippen LogP contribution in [-0.2, 0) is 14.8 Å². The van der Waals surface area contributed by atoms with E-state index in [1.165, 1.54) is 10.2 Å². The van der Waals surface area contributed by atoms with E-state index in [2.05, 4.69) is 21.4 Å². The number of likely N-dealkylation sites (N-methyl/N-ethyl adjacent to an activating group) is 1. The van der Waals surface area contributed by atoms with Crippen molar-refractivity contribution in [3.05, 3.63) is 48.4 Å². The molecule has 11 heteroatoms. The van der Waals surface area contributed by atoms with Gasteiger partial charge in [-0.2, -0.15) is 0 Å². The van der Waals surface area contributed by atoms with E-state index in [0.29, 0.717) is 35.8 Å². The number of fused-ring (bicyclic) bond motifs is 2. The molecule has 32 heavy (non-hydrogen) atoms. The van der Waals surface area contributed by atoms with E-state index in [9.17, 15) is 8.42 Å². The minimum Gasteiger partial charge on any atom is -0.488 e. The number of nitrogens with one attached hydrogen (secondary N) is 1. The molecular weight excluding hydrogens is 434 g/mol. The van der Waals surface area contributed by atoms with E-state index in [1.54, 1.807) is 30.6 Å². The van der Waals surface area contributed by atoms with Crippen molar-refractivity contribution in [1.82, 2.24) is 19.3 Å². The Bertz CT molecular complexity index is 1280. The minimum atomic E-state index is -3.86. The van der Waals surface area contributed by atoms with E-state index in [1.807, 2.05) is 11.9 Å². The molecule has 2 N–H and O–H groups in total. The van der Waals surface area contributed by atoms with Crippen LogP contribution in [-0.4, -0.2) is 67.2 Å². The molecule has 2 aliphatic heterocycles. The molecule has 0 spiro atoms. The lowest BCUT2D eigenvalue weighted by molar-refractivity contribution is -0.122. The van der Waals surface area contributed by atoms with Crippen molar-refractivity contribution < 1.29 is 23.1 Å². The summed E-state index contributed by atoms with van der Waals surface area (Å²) >= 11 is 0. The monoisotopic (exact) mass is 457 g/mol. The summed E-state index contributed by atoms with van der Waals surface area (Å²) in [6.45, 7) is 2.59. The van der Waals surface area contributed by atoms with Gasteiger partial charge in [0.15, 0.2) is 11.6 Å². The van der Waals surface area contributed by atoms with Crippen LogP contribution in [0.5, 0.6) is 5.75 Å². The van der Waals surface area contributed by atoms with Gasteiger partial charge in [0.1, 0.15) is 11.5 Å². The Balaban J connectivity index is 0.000000775. The summed E-state index contributed by atoms with van der Waals surface area (Å²) in [7, 11) is -1.95. The van der Waals surface area contributed by atoms with Crippen LogP contribution in [0.3, 0.4) is 0 Å². The first-order valence-electron chi connectivity index (χ1n) is 10.0. The number of hydrogen-bond donors (Lipinski definition) is 2. The highest BCUT2D eigenvalue weighted by Gasteiger charge is 2.26. The van der Waals surface area contributed by atoms with Crippen molar-refractivity contribution in [2.45, 2.75) is 11.3 Å².